The number of hydrogen-bond acceptors (Lipinski definition) is 3. The van der Waals surface area contributed by atoms with E-state index in [1.54, 1.807) is 6.07 Å². The lowest BCUT2D eigenvalue weighted by Gasteiger charge is -2.06. The number of aryl methyl sites for hydroxylation is 1. The van der Waals surface area contributed by atoms with Crippen molar-refractivity contribution in [2.75, 3.05) is 5.73 Å². The largest absolute Gasteiger partial charge is 0.480 e. The van der Waals surface area contributed by atoms with Crippen LogP contribution in [0.25, 0.3) is 10.9 Å². The smallest absolute Gasteiger partial charge is 0.320 e. The first-order valence-electron chi connectivity index (χ1n) is 5.34. The van der Waals surface area contributed by atoms with Crippen molar-refractivity contribution in [1.29, 1.82) is 0 Å². The van der Waals surface area contributed by atoms with Crippen molar-refractivity contribution in [2.24, 2.45) is 5.73 Å². The zero-order valence-electron chi connectivity index (χ0n) is 9.53. The average Bonchev–Trinajstić information content (AvgIpc) is 2.58. The second kappa shape index (κ2) is 4.10. The first-order chi connectivity index (χ1) is 8.00. The topological polar surface area (TPSA) is 105 Å². The number of fused-ring (bicyclic) bond motifs is 1. The quantitative estimate of drug-likeness (QED) is 0.594. The molecule has 1 atom stereocenters. The van der Waals surface area contributed by atoms with E-state index >= 15 is 0 Å². The van der Waals surface area contributed by atoms with Gasteiger partial charge in [-0.25, -0.2) is 0 Å². The number of aromatic nitrogens is 1. The average molecular weight is 233 g/mol. The number of carboxylic acids is 1. The van der Waals surface area contributed by atoms with Gasteiger partial charge >= 0.3 is 5.97 Å². The van der Waals surface area contributed by atoms with Crippen LogP contribution in [0.3, 0.4) is 0 Å². The van der Waals surface area contributed by atoms with Crippen LogP contribution in [0.2, 0.25) is 0 Å². The van der Waals surface area contributed by atoms with Crippen molar-refractivity contribution >= 4 is 22.6 Å². The van der Waals surface area contributed by atoms with Gasteiger partial charge in [0, 0.05) is 17.5 Å². The second-order valence-corrected chi connectivity index (χ2v) is 4.15. The number of rotatable bonds is 3. The van der Waals surface area contributed by atoms with Crippen LogP contribution < -0.4 is 11.5 Å². The molecule has 0 fully saturated rings. The molecule has 5 heteroatoms. The van der Waals surface area contributed by atoms with Gasteiger partial charge in [-0.1, -0.05) is 12.1 Å². The number of benzene rings is 1. The summed E-state index contributed by atoms with van der Waals surface area (Å²) < 4.78 is 0. The zero-order valence-corrected chi connectivity index (χ0v) is 9.53. The van der Waals surface area contributed by atoms with Crippen LogP contribution in [0.4, 0.5) is 5.69 Å². The zero-order chi connectivity index (χ0) is 12.6. The number of nitrogens with two attached hydrogens (primary N) is 2. The summed E-state index contributed by atoms with van der Waals surface area (Å²) in [6, 6.07) is 4.67. The first-order valence-corrected chi connectivity index (χ1v) is 5.34. The summed E-state index contributed by atoms with van der Waals surface area (Å²) in [5.74, 6) is -0.998. The highest BCUT2D eigenvalue weighted by molar-refractivity contribution is 5.93. The van der Waals surface area contributed by atoms with E-state index in [0.29, 0.717) is 12.1 Å². The lowest BCUT2D eigenvalue weighted by Crippen LogP contribution is -2.32. The molecule has 0 bridgehead atoms. The Hall–Kier alpha value is -2.01. The third-order valence-electron chi connectivity index (χ3n) is 2.93. The molecule has 0 amide bonds. The number of hydrogen-bond donors (Lipinski definition) is 4. The second-order valence-electron chi connectivity index (χ2n) is 4.15. The maximum absolute atomic E-state index is 10.8. The molecule has 6 N–H and O–H groups in total. The Kier molecular flexibility index (Phi) is 2.77. The summed E-state index contributed by atoms with van der Waals surface area (Å²) in [7, 11) is 0. The Bertz CT molecular complexity index is 574. The molecule has 1 aromatic carbocycles. The van der Waals surface area contributed by atoms with Crippen molar-refractivity contribution < 1.29 is 9.90 Å². The molecular weight excluding hydrogens is 218 g/mol. The number of nitrogens with one attached hydrogen (secondary N) is 1. The van der Waals surface area contributed by atoms with Crippen molar-refractivity contribution in [1.82, 2.24) is 4.98 Å². The lowest BCUT2D eigenvalue weighted by atomic mass is 10.0. The number of aliphatic carboxylic acids is 1. The van der Waals surface area contributed by atoms with Crippen LogP contribution in [0.5, 0.6) is 0 Å². The van der Waals surface area contributed by atoms with Crippen LogP contribution in [-0.2, 0) is 11.2 Å². The Morgan fingerprint density at radius 1 is 1.53 bits per heavy atom. The van der Waals surface area contributed by atoms with Gasteiger partial charge in [0.25, 0.3) is 0 Å². The van der Waals surface area contributed by atoms with Gasteiger partial charge < -0.3 is 21.6 Å². The number of aromatic amines is 1. The molecule has 2 rings (SSSR count). The predicted molar refractivity (Wildman–Crippen MR) is 66.8 cm³/mol. The molecule has 5 nitrogen and oxygen atoms in total. The normalized spacial score (nSPS) is 12.8. The van der Waals surface area contributed by atoms with Gasteiger partial charge in [-0.15, -0.1) is 0 Å². The minimum atomic E-state index is -0.998. The van der Waals surface area contributed by atoms with E-state index in [9.17, 15) is 4.79 Å². The van der Waals surface area contributed by atoms with Crippen molar-refractivity contribution in [3.8, 4) is 0 Å². The molecule has 17 heavy (non-hydrogen) atoms. The number of anilines is 1. The van der Waals surface area contributed by atoms with Crippen LogP contribution >= 0.6 is 0 Å². The van der Waals surface area contributed by atoms with Gasteiger partial charge in [-0.05, 0) is 18.6 Å². The minimum Gasteiger partial charge on any atom is -0.480 e. The molecule has 0 radical (unpaired) electrons. The molecule has 2 aromatic rings. The summed E-state index contributed by atoms with van der Waals surface area (Å²) in [5, 5.41) is 9.78. The fourth-order valence-corrected chi connectivity index (χ4v) is 2.00. The molecule has 0 aliphatic heterocycles. The van der Waals surface area contributed by atoms with Crippen LogP contribution in [0.1, 0.15) is 11.3 Å². The predicted octanol–water partition coefficient (Wildman–Crippen LogP) is 1.01. The van der Waals surface area contributed by atoms with Crippen LogP contribution in [-0.4, -0.2) is 22.1 Å². The van der Waals surface area contributed by atoms with Crippen molar-refractivity contribution in [3.63, 3.8) is 0 Å². The van der Waals surface area contributed by atoms with Crippen LogP contribution in [0, 0.1) is 6.92 Å². The molecule has 0 saturated heterocycles. The van der Waals surface area contributed by atoms with E-state index in [1.165, 1.54) is 0 Å². The third-order valence-corrected chi connectivity index (χ3v) is 2.93. The highest BCUT2D eigenvalue weighted by Gasteiger charge is 2.17. The molecule has 1 aromatic heterocycles. The number of carboxylic acid groups (broad SMARTS) is 1. The molecule has 0 saturated carbocycles. The monoisotopic (exact) mass is 233 g/mol. The van der Waals surface area contributed by atoms with E-state index in [-0.39, 0.29) is 0 Å². The van der Waals surface area contributed by atoms with E-state index in [2.05, 4.69) is 4.98 Å². The van der Waals surface area contributed by atoms with Gasteiger partial charge in [0.1, 0.15) is 6.04 Å². The highest BCUT2D eigenvalue weighted by atomic mass is 16.4. The molecule has 0 aliphatic carbocycles. The van der Waals surface area contributed by atoms with Crippen molar-refractivity contribution in [3.05, 3.63) is 29.5 Å². The van der Waals surface area contributed by atoms with E-state index in [1.807, 2.05) is 19.1 Å². The Balaban J connectivity index is 2.50. The highest BCUT2D eigenvalue weighted by Crippen LogP contribution is 2.27. The van der Waals surface area contributed by atoms with Crippen molar-refractivity contribution in [2.45, 2.75) is 19.4 Å². The lowest BCUT2D eigenvalue weighted by molar-refractivity contribution is -0.138. The van der Waals surface area contributed by atoms with Gasteiger partial charge in [0.15, 0.2) is 0 Å². The summed E-state index contributed by atoms with van der Waals surface area (Å²) >= 11 is 0. The molecule has 0 spiro atoms. The molecule has 90 valence electrons. The third kappa shape index (κ3) is 1.97. The SMILES string of the molecule is Cc1[nH]c2c(N)cccc2c1CC(N)C(=O)O. The fraction of sp³-hybridized carbons (Fsp3) is 0.250. The summed E-state index contributed by atoms with van der Waals surface area (Å²) in [5.41, 5.74) is 14.7. The molecule has 1 heterocycles. The maximum Gasteiger partial charge on any atom is 0.320 e. The number of H-pyrrole nitrogens is 1. The minimum absolute atomic E-state index is 0.296. The number of carbonyl (C=O) groups is 1. The summed E-state index contributed by atoms with van der Waals surface area (Å²) in [6.45, 7) is 1.89. The molecule has 0 aliphatic rings. The summed E-state index contributed by atoms with van der Waals surface area (Å²) in [6.07, 6.45) is 0.296. The Labute approximate surface area is 98.4 Å². The first kappa shape index (κ1) is 11.5. The van der Waals surface area contributed by atoms with E-state index in [0.717, 1.165) is 22.2 Å². The van der Waals surface area contributed by atoms with E-state index < -0.39 is 12.0 Å². The van der Waals surface area contributed by atoms with Gasteiger partial charge in [0.2, 0.25) is 0 Å². The fourth-order valence-electron chi connectivity index (χ4n) is 2.00. The van der Waals surface area contributed by atoms with E-state index in [4.69, 9.17) is 16.6 Å². The van der Waals surface area contributed by atoms with Gasteiger partial charge in [-0.2, -0.15) is 0 Å². The van der Waals surface area contributed by atoms with Gasteiger partial charge in [-0.3, -0.25) is 4.79 Å². The Morgan fingerprint density at radius 3 is 2.88 bits per heavy atom. The Morgan fingerprint density at radius 2 is 2.24 bits per heavy atom. The molecular formula is C12H15N3O2. The number of para-hydroxylation sites is 1. The number of nitrogen functional groups attached to an aromatic ring is 1. The molecule has 1 unspecified atom stereocenters. The van der Waals surface area contributed by atoms with Gasteiger partial charge in [0.05, 0.1) is 11.2 Å². The maximum atomic E-state index is 10.8. The van der Waals surface area contributed by atoms with Crippen LogP contribution in [0.15, 0.2) is 18.2 Å². The summed E-state index contributed by atoms with van der Waals surface area (Å²) in [4.78, 5) is 13.9. The standard InChI is InChI=1S/C12H15N3O2/c1-6-8(5-10(14)12(16)17)7-3-2-4-9(13)11(7)15-6/h2-4,10,15H,5,13-14H2,1H3,(H,16,17).